The number of aromatic nitrogens is 4. The van der Waals surface area contributed by atoms with Gasteiger partial charge in [0, 0.05) is 5.56 Å². The summed E-state index contributed by atoms with van der Waals surface area (Å²) in [5.41, 5.74) is 5.40. The number of aryl methyl sites for hydroxylation is 3. The normalized spacial score (nSPS) is 11.1. The summed E-state index contributed by atoms with van der Waals surface area (Å²) >= 11 is 2.78. The van der Waals surface area contributed by atoms with Gasteiger partial charge in [-0.2, -0.15) is 0 Å². The van der Waals surface area contributed by atoms with E-state index in [-0.39, 0.29) is 11.7 Å². The fourth-order valence-electron chi connectivity index (χ4n) is 2.86. The minimum absolute atomic E-state index is 0.125. The van der Waals surface area contributed by atoms with Gasteiger partial charge in [0.05, 0.1) is 16.0 Å². The van der Waals surface area contributed by atoms with Gasteiger partial charge in [-0.1, -0.05) is 59.0 Å². The van der Waals surface area contributed by atoms with Crippen LogP contribution in [0.4, 0.5) is 5.13 Å². The maximum atomic E-state index is 12.3. The number of thiazole rings is 1. The SMILES string of the molecule is Cc1ccc(-c2nc(SCC(=O)Nc3nc4c(C)cc(C)cc4s3)n[nH]2)cc1. The van der Waals surface area contributed by atoms with Crippen LogP contribution in [0.15, 0.2) is 41.6 Å². The van der Waals surface area contributed by atoms with Gasteiger partial charge in [-0.15, -0.1) is 5.10 Å². The molecule has 0 spiro atoms. The van der Waals surface area contributed by atoms with Gasteiger partial charge < -0.3 is 5.32 Å². The van der Waals surface area contributed by atoms with Crippen molar-refractivity contribution >= 4 is 44.4 Å². The van der Waals surface area contributed by atoms with Crippen LogP contribution in [0.1, 0.15) is 16.7 Å². The Labute approximate surface area is 170 Å². The Balaban J connectivity index is 1.38. The molecule has 4 rings (SSSR count). The molecule has 0 bridgehead atoms. The number of rotatable bonds is 5. The zero-order valence-electron chi connectivity index (χ0n) is 15.7. The number of carbonyl (C=O) groups is 1. The second kappa shape index (κ2) is 7.73. The average molecular weight is 410 g/mol. The first-order chi connectivity index (χ1) is 13.5. The Morgan fingerprint density at radius 1 is 1.11 bits per heavy atom. The van der Waals surface area contributed by atoms with E-state index in [9.17, 15) is 4.79 Å². The lowest BCUT2D eigenvalue weighted by Gasteiger charge is -1.99. The molecular weight excluding hydrogens is 390 g/mol. The Bertz CT molecular complexity index is 1150. The smallest absolute Gasteiger partial charge is 0.236 e. The molecule has 0 radical (unpaired) electrons. The number of H-pyrrole nitrogens is 1. The predicted octanol–water partition coefficient (Wildman–Crippen LogP) is 4.74. The highest BCUT2D eigenvalue weighted by Gasteiger charge is 2.12. The second-order valence-electron chi connectivity index (χ2n) is 6.62. The summed E-state index contributed by atoms with van der Waals surface area (Å²) in [6.07, 6.45) is 0. The summed E-state index contributed by atoms with van der Waals surface area (Å²) in [4.78, 5) is 21.3. The van der Waals surface area contributed by atoms with E-state index in [2.05, 4.69) is 44.5 Å². The minimum atomic E-state index is -0.125. The first kappa shape index (κ1) is 18.6. The molecule has 6 nitrogen and oxygen atoms in total. The highest BCUT2D eigenvalue weighted by Crippen LogP contribution is 2.29. The summed E-state index contributed by atoms with van der Waals surface area (Å²) in [5.74, 6) is 0.791. The molecule has 0 aliphatic heterocycles. The molecule has 1 amide bonds. The molecule has 2 aromatic carbocycles. The summed E-state index contributed by atoms with van der Waals surface area (Å²) in [7, 11) is 0. The summed E-state index contributed by atoms with van der Waals surface area (Å²) < 4.78 is 1.08. The van der Waals surface area contributed by atoms with Crippen molar-refractivity contribution in [1.29, 1.82) is 0 Å². The molecule has 142 valence electrons. The minimum Gasteiger partial charge on any atom is -0.301 e. The highest BCUT2D eigenvalue weighted by atomic mass is 32.2. The standard InChI is InChI=1S/C20H19N5OS2/c1-11-4-6-14(7-5-11)18-23-20(25-24-18)27-10-16(26)21-19-22-17-13(3)8-12(2)9-15(17)28-19/h4-9H,10H2,1-3H3,(H,21,22,26)(H,23,24,25). The molecule has 0 unspecified atom stereocenters. The largest absolute Gasteiger partial charge is 0.301 e. The van der Waals surface area contributed by atoms with Crippen LogP contribution in [0.25, 0.3) is 21.6 Å². The van der Waals surface area contributed by atoms with Crippen molar-refractivity contribution < 1.29 is 4.79 Å². The van der Waals surface area contributed by atoms with Crippen molar-refractivity contribution in [3.63, 3.8) is 0 Å². The lowest BCUT2D eigenvalue weighted by atomic mass is 10.1. The average Bonchev–Trinajstić information content (AvgIpc) is 3.27. The number of hydrogen-bond acceptors (Lipinski definition) is 6. The number of amides is 1. The number of anilines is 1. The van der Waals surface area contributed by atoms with Crippen molar-refractivity contribution in [2.24, 2.45) is 0 Å². The van der Waals surface area contributed by atoms with Crippen LogP contribution in [0.3, 0.4) is 0 Å². The number of aromatic amines is 1. The Morgan fingerprint density at radius 3 is 2.68 bits per heavy atom. The second-order valence-corrected chi connectivity index (χ2v) is 8.59. The van der Waals surface area contributed by atoms with Gasteiger partial charge in [-0.25, -0.2) is 9.97 Å². The monoisotopic (exact) mass is 409 g/mol. The van der Waals surface area contributed by atoms with Crippen LogP contribution >= 0.6 is 23.1 Å². The number of nitrogens with zero attached hydrogens (tertiary/aromatic N) is 3. The van der Waals surface area contributed by atoms with E-state index in [1.165, 1.54) is 34.2 Å². The quantitative estimate of drug-likeness (QED) is 0.465. The Kier molecular flexibility index (Phi) is 5.15. The maximum absolute atomic E-state index is 12.3. The fraction of sp³-hybridized carbons (Fsp3) is 0.200. The van der Waals surface area contributed by atoms with Gasteiger partial charge in [0.15, 0.2) is 11.0 Å². The van der Waals surface area contributed by atoms with Crippen LogP contribution in [0, 0.1) is 20.8 Å². The van der Waals surface area contributed by atoms with Crippen LogP contribution in [0.2, 0.25) is 0 Å². The molecule has 0 aliphatic rings. The molecule has 0 aliphatic carbocycles. The summed E-state index contributed by atoms with van der Waals surface area (Å²) in [5, 5.41) is 11.1. The number of hydrogen-bond donors (Lipinski definition) is 2. The van der Waals surface area contributed by atoms with Crippen molar-refractivity contribution in [2.75, 3.05) is 11.1 Å². The molecule has 0 fully saturated rings. The van der Waals surface area contributed by atoms with Crippen molar-refractivity contribution in [1.82, 2.24) is 20.2 Å². The summed E-state index contributed by atoms with van der Waals surface area (Å²) in [6, 6.07) is 12.2. The van der Waals surface area contributed by atoms with Gasteiger partial charge in [0.2, 0.25) is 11.1 Å². The lowest BCUT2D eigenvalue weighted by molar-refractivity contribution is -0.113. The Hall–Kier alpha value is -2.71. The molecule has 2 heterocycles. The number of carbonyl (C=O) groups excluding carboxylic acids is 1. The maximum Gasteiger partial charge on any atom is 0.236 e. The van der Waals surface area contributed by atoms with Crippen LogP contribution in [0.5, 0.6) is 0 Å². The van der Waals surface area contributed by atoms with E-state index in [1.54, 1.807) is 0 Å². The molecule has 0 saturated carbocycles. The van der Waals surface area contributed by atoms with E-state index in [0.29, 0.717) is 16.1 Å². The van der Waals surface area contributed by atoms with Crippen molar-refractivity contribution in [3.05, 3.63) is 53.1 Å². The number of thioether (sulfide) groups is 1. The van der Waals surface area contributed by atoms with Gasteiger partial charge in [0.25, 0.3) is 0 Å². The predicted molar refractivity (Wildman–Crippen MR) is 115 cm³/mol. The molecular formula is C20H19N5OS2. The van der Waals surface area contributed by atoms with E-state index >= 15 is 0 Å². The highest BCUT2D eigenvalue weighted by molar-refractivity contribution is 7.99. The first-order valence-corrected chi connectivity index (χ1v) is 10.6. The van der Waals surface area contributed by atoms with Crippen LogP contribution < -0.4 is 5.32 Å². The van der Waals surface area contributed by atoms with Crippen LogP contribution in [-0.4, -0.2) is 31.8 Å². The third-order valence-electron chi connectivity index (χ3n) is 4.20. The van der Waals surface area contributed by atoms with E-state index in [0.717, 1.165) is 21.3 Å². The molecule has 0 saturated heterocycles. The number of nitrogens with one attached hydrogen (secondary N) is 2. The molecule has 2 N–H and O–H groups in total. The van der Waals surface area contributed by atoms with Gasteiger partial charge in [0.1, 0.15) is 0 Å². The molecule has 28 heavy (non-hydrogen) atoms. The van der Waals surface area contributed by atoms with E-state index in [1.807, 2.05) is 38.1 Å². The molecule has 8 heteroatoms. The fourth-order valence-corrected chi connectivity index (χ4v) is 4.52. The van der Waals surface area contributed by atoms with Crippen molar-refractivity contribution in [2.45, 2.75) is 25.9 Å². The number of benzene rings is 2. The van der Waals surface area contributed by atoms with Gasteiger partial charge >= 0.3 is 0 Å². The molecule has 4 aromatic rings. The van der Waals surface area contributed by atoms with Gasteiger partial charge in [-0.05, 0) is 38.0 Å². The zero-order chi connectivity index (χ0) is 19.7. The van der Waals surface area contributed by atoms with E-state index in [4.69, 9.17) is 0 Å². The van der Waals surface area contributed by atoms with E-state index < -0.39 is 0 Å². The topological polar surface area (TPSA) is 83.6 Å². The molecule has 2 aromatic heterocycles. The summed E-state index contributed by atoms with van der Waals surface area (Å²) in [6.45, 7) is 6.13. The van der Waals surface area contributed by atoms with Crippen LogP contribution in [-0.2, 0) is 4.79 Å². The first-order valence-electron chi connectivity index (χ1n) is 8.78. The third-order valence-corrected chi connectivity index (χ3v) is 5.96. The van der Waals surface area contributed by atoms with Gasteiger partial charge in [-0.3, -0.25) is 9.89 Å². The Morgan fingerprint density at radius 2 is 1.89 bits per heavy atom. The molecule has 0 atom stereocenters. The van der Waals surface area contributed by atoms with Crippen molar-refractivity contribution in [3.8, 4) is 11.4 Å². The third kappa shape index (κ3) is 4.07. The lowest BCUT2D eigenvalue weighted by Crippen LogP contribution is -2.13. The zero-order valence-corrected chi connectivity index (χ0v) is 17.4. The number of fused-ring (bicyclic) bond motifs is 1.